The molecule has 0 aromatic heterocycles. The van der Waals surface area contributed by atoms with Crippen LogP contribution in [0.3, 0.4) is 0 Å². The smallest absolute Gasteiger partial charge is 0.335 e. The lowest BCUT2D eigenvalue weighted by Crippen LogP contribution is -2.12. The van der Waals surface area contributed by atoms with Crippen LogP contribution in [0.15, 0.2) is 42.5 Å². The minimum absolute atomic E-state index is 0.0415. The van der Waals surface area contributed by atoms with Gasteiger partial charge in [-0.05, 0) is 42.5 Å². The van der Waals surface area contributed by atoms with Gasteiger partial charge in [-0.15, -0.1) is 0 Å². The number of hydrogen-bond donors (Lipinski definition) is 3. The number of aromatic hydroxyl groups is 1. The normalized spacial score (nSPS) is 10.1. The van der Waals surface area contributed by atoms with Gasteiger partial charge in [-0.1, -0.05) is 11.6 Å². The SMILES string of the molecule is O=C(O)c1ccc(NC(=O)c2cc(Cl)ccc2O)cc1. The Labute approximate surface area is 119 Å². The number of carboxylic acid groups (broad SMARTS) is 1. The Morgan fingerprint density at radius 3 is 2.30 bits per heavy atom. The summed E-state index contributed by atoms with van der Waals surface area (Å²) in [6.07, 6.45) is 0. The molecule has 0 radical (unpaired) electrons. The average Bonchev–Trinajstić information content (AvgIpc) is 2.42. The van der Waals surface area contributed by atoms with Crippen LogP contribution in [0.4, 0.5) is 5.69 Å². The second kappa shape index (κ2) is 5.63. The van der Waals surface area contributed by atoms with Gasteiger partial charge in [-0.2, -0.15) is 0 Å². The second-order valence-corrected chi connectivity index (χ2v) is 4.43. The lowest BCUT2D eigenvalue weighted by molar-refractivity contribution is 0.0696. The molecule has 0 bridgehead atoms. The number of phenols is 1. The Morgan fingerprint density at radius 1 is 1.05 bits per heavy atom. The van der Waals surface area contributed by atoms with Crippen molar-refractivity contribution < 1.29 is 19.8 Å². The first-order valence-electron chi connectivity index (χ1n) is 5.60. The molecule has 0 unspecified atom stereocenters. The molecule has 2 aromatic carbocycles. The standard InChI is InChI=1S/C14H10ClNO4/c15-9-3-6-12(17)11(7-9)13(18)16-10-4-1-8(2-5-10)14(19)20/h1-7,17H,(H,16,18)(H,19,20). The van der Waals surface area contributed by atoms with E-state index in [1.54, 1.807) is 0 Å². The summed E-state index contributed by atoms with van der Waals surface area (Å²) in [7, 11) is 0. The van der Waals surface area contributed by atoms with Crippen LogP contribution in [0.1, 0.15) is 20.7 Å². The van der Waals surface area contributed by atoms with Gasteiger partial charge < -0.3 is 15.5 Å². The van der Waals surface area contributed by atoms with Crippen LogP contribution in [-0.2, 0) is 0 Å². The first-order chi connectivity index (χ1) is 9.47. The minimum Gasteiger partial charge on any atom is -0.507 e. The number of aromatic carboxylic acids is 1. The molecule has 0 spiro atoms. The number of anilines is 1. The van der Waals surface area contributed by atoms with Crippen molar-refractivity contribution in [2.75, 3.05) is 5.32 Å². The highest BCUT2D eigenvalue weighted by atomic mass is 35.5. The maximum absolute atomic E-state index is 12.0. The van der Waals surface area contributed by atoms with Gasteiger partial charge in [0.15, 0.2) is 0 Å². The van der Waals surface area contributed by atoms with E-state index in [9.17, 15) is 14.7 Å². The number of carboxylic acids is 1. The van der Waals surface area contributed by atoms with E-state index in [-0.39, 0.29) is 16.9 Å². The molecule has 0 saturated heterocycles. The number of carbonyl (C=O) groups is 2. The maximum Gasteiger partial charge on any atom is 0.335 e. The van der Waals surface area contributed by atoms with Gasteiger partial charge in [-0.3, -0.25) is 4.79 Å². The Balaban J connectivity index is 2.19. The number of carbonyl (C=O) groups excluding carboxylic acids is 1. The average molecular weight is 292 g/mol. The molecule has 5 nitrogen and oxygen atoms in total. The zero-order valence-corrected chi connectivity index (χ0v) is 10.9. The molecule has 3 N–H and O–H groups in total. The Hall–Kier alpha value is -2.53. The molecule has 20 heavy (non-hydrogen) atoms. The molecular formula is C14H10ClNO4. The lowest BCUT2D eigenvalue weighted by Gasteiger charge is -2.07. The highest BCUT2D eigenvalue weighted by Crippen LogP contribution is 2.22. The molecule has 0 heterocycles. The van der Waals surface area contributed by atoms with Crippen molar-refractivity contribution in [3.8, 4) is 5.75 Å². The highest BCUT2D eigenvalue weighted by molar-refractivity contribution is 6.31. The molecule has 6 heteroatoms. The number of rotatable bonds is 3. The third-order valence-corrected chi connectivity index (χ3v) is 2.83. The fourth-order valence-corrected chi connectivity index (χ4v) is 1.76. The molecule has 0 aliphatic heterocycles. The number of amides is 1. The summed E-state index contributed by atoms with van der Waals surface area (Å²) < 4.78 is 0. The molecule has 0 atom stereocenters. The van der Waals surface area contributed by atoms with Gasteiger partial charge >= 0.3 is 5.97 Å². The van der Waals surface area contributed by atoms with E-state index in [0.29, 0.717) is 10.7 Å². The first-order valence-corrected chi connectivity index (χ1v) is 5.98. The van der Waals surface area contributed by atoms with E-state index in [4.69, 9.17) is 16.7 Å². The maximum atomic E-state index is 12.0. The van der Waals surface area contributed by atoms with Crippen molar-refractivity contribution in [1.29, 1.82) is 0 Å². The van der Waals surface area contributed by atoms with Crippen LogP contribution in [0, 0.1) is 0 Å². The zero-order valence-electron chi connectivity index (χ0n) is 10.1. The molecule has 2 aromatic rings. The molecule has 1 amide bonds. The highest BCUT2D eigenvalue weighted by Gasteiger charge is 2.12. The summed E-state index contributed by atoms with van der Waals surface area (Å²) in [6.45, 7) is 0. The van der Waals surface area contributed by atoms with Crippen LogP contribution in [-0.4, -0.2) is 22.1 Å². The van der Waals surface area contributed by atoms with Crippen LogP contribution in [0.5, 0.6) is 5.75 Å². The number of benzene rings is 2. The van der Waals surface area contributed by atoms with Crippen molar-refractivity contribution in [1.82, 2.24) is 0 Å². The predicted octanol–water partition coefficient (Wildman–Crippen LogP) is 3.00. The Morgan fingerprint density at radius 2 is 1.70 bits per heavy atom. The van der Waals surface area contributed by atoms with Crippen molar-refractivity contribution in [2.45, 2.75) is 0 Å². The molecule has 0 aliphatic rings. The Bertz CT molecular complexity index is 667. The molecule has 0 aliphatic carbocycles. The van der Waals surface area contributed by atoms with Crippen molar-refractivity contribution in [3.05, 3.63) is 58.6 Å². The summed E-state index contributed by atoms with van der Waals surface area (Å²) in [5.74, 6) is -1.77. The lowest BCUT2D eigenvalue weighted by atomic mass is 10.1. The third-order valence-electron chi connectivity index (χ3n) is 2.59. The minimum atomic E-state index is -1.05. The summed E-state index contributed by atoms with van der Waals surface area (Å²) in [6, 6.07) is 9.80. The molecule has 0 fully saturated rings. The largest absolute Gasteiger partial charge is 0.507 e. The molecule has 0 saturated carbocycles. The van der Waals surface area contributed by atoms with Gasteiger partial charge in [0.1, 0.15) is 5.75 Å². The Kier molecular flexibility index (Phi) is 3.91. The number of nitrogens with one attached hydrogen (secondary N) is 1. The zero-order chi connectivity index (χ0) is 14.7. The third kappa shape index (κ3) is 3.07. The van der Waals surface area contributed by atoms with E-state index < -0.39 is 11.9 Å². The van der Waals surface area contributed by atoms with Crippen molar-refractivity contribution >= 4 is 29.2 Å². The quantitative estimate of drug-likeness (QED) is 0.811. The van der Waals surface area contributed by atoms with Gasteiger partial charge in [0, 0.05) is 10.7 Å². The van der Waals surface area contributed by atoms with Gasteiger partial charge in [0.25, 0.3) is 5.91 Å². The van der Waals surface area contributed by atoms with Crippen LogP contribution in [0.25, 0.3) is 0 Å². The van der Waals surface area contributed by atoms with Crippen LogP contribution < -0.4 is 5.32 Å². The monoisotopic (exact) mass is 291 g/mol. The van der Waals surface area contributed by atoms with Gasteiger partial charge in [0.05, 0.1) is 11.1 Å². The molecule has 2 rings (SSSR count). The summed E-state index contributed by atoms with van der Waals surface area (Å²) >= 11 is 5.76. The fourth-order valence-electron chi connectivity index (χ4n) is 1.58. The fraction of sp³-hybridized carbons (Fsp3) is 0. The van der Waals surface area contributed by atoms with Gasteiger partial charge in [0.2, 0.25) is 0 Å². The van der Waals surface area contributed by atoms with Crippen LogP contribution >= 0.6 is 11.6 Å². The number of phenolic OH excluding ortho intramolecular Hbond substituents is 1. The van der Waals surface area contributed by atoms with E-state index in [2.05, 4.69) is 5.32 Å². The van der Waals surface area contributed by atoms with E-state index in [1.165, 1.54) is 42.5 Å². The van der Waals surface area contributed by atoms with E-state index >= 15 is 0 Å². The van der Waals surface area contributed by atoms with Crippen LogP contribution in [0.2, 0.25) is 5.02 Å². The predicted molar refractivity (Wildman–Crippen MR) is 74.5 cm³/mol. The topological polar surface area (TPSA) is 86.6 Å². The number of halogens is 1. The first kappa shape index (κ1) is 13.9. The molecule has 102 valence electrons. The number of hydrogen-bond acceptors (Lipinski definition) is 3. The molecular weight excluding hydrogens is 282 g/mol. The van der Waals surface area contributed by atoms with E-state index in [0.717, 1.165) is 0 Å². The van der Waals surface area contributed by atoms with Crippen molar-refractivity contribution in [3.63, 3.8) is 0 Å². The van der Waals surface area contributed by atoms with E-state index in [1.807, 2.05) is 0 Å². The van der Waals surface area contributed by atoms with Gasteiger partial charge in [-0.25, -0.2) is 4.79 Å². The second-order valence-electron chi connectivity index (χ2n) is 4.00. The van der Waals surface area contributed by atoms with Crippen molar-refractivity contribution in [2.24, 2.45) is 0 Å². The summed E-state index contributed by atoms with van der Waals surface area (Å²) in [5.41, 5.74) is 0.577. The summed E-state index contributed by atoms with van der Waals surface area (Å²) in [5, 5.41) is 21.2. The summed E-state index contributed by atoms with van der Waals surface area (Å²) in [4.78, 5) is 22.7.